The van der Waals surface area contributed by atoms with Crippen LogP contribution in [0.1, 0.15) is 30.7 Å². The number of methoxy groups -OCH3 is 1. The second-order valence-electron chi connectivity index (χ2n) is 9.88. The van der Waals surface area contributed by atoms with Gasteiger partial charge in [0.05, 0.1) is 31.2 Å². The second-order valence-corrected chi connectivity index (χ2v) is 10.3. The van der Waals surface area contributed by atoms with Crippen molar-refractivity contribution >= 4 is 52.1 Å². The van der Waals surface area contributed by atoms with E-state index < -0.39 is 6.09 Å². The number of piperazine rings is 1. The molecule has 11 heteroatoms. The van der Waals surface area contributed by atoms with E-state index in [4.69, 9.17) is 11.6 Å². The number of benzene rings is 2. The zero-order chi connectivity index (χ0) is 28.9. The van der Waals surface area contributed by atoms with Crippen LogP contribution in [0.2, 0.25) is 5.02 Å². The van der Waals surface area contributed by atoms with E-state index in [2.05, 4.69) is 30.2 Å². The van der Waals surface area contributed by atoms with Gasteiger partial charge in [-0.2, -0.15) is 0 Å². The van der Waals surface area contributed by atoms with Gasteiger partial charge in [-0.3, -0.25) is 14.9 Å². The van der Waals surface area contributed by atoms with Crippen LogP contribution < -0.4 is 15.5 Å². The van der Waals surface area contributed by atoms with Gasteiger partial charge in [0.25, 0.3) is 0 Å². The number of nitrogens with zero attached hydrogens (tertiary/aromatic N) is 3. The molecule has 1 saturated heterocycles. The zero-order valence-electron chi connectivity index (χ0n) is 22.9. The maximum Gasteiger partial charge on any atom is 0.411 e. The Bertz CT molecular complexity index is 1550. The maximum atomic E-state index is 13.2. The molecule has 0 unspecified atom stereocenters. The smallest absolute Gasteiger partial charge is 0.411 e. The number of H-pyrrole nitrogens is 1. The molecular weight excluding hydrogens is 544 g/mol. The number of carbonyl (C=O) groups excluding carboxylic acids is 3. The Kier molecular flexibility index (Phi) is 8.39. The Morgan fingerprint density at radius 2 is 2.00 bits per heavy atom. The van der Waals surface area contributed by atoms with Crippen molar-refractivity contribution < 1.29 is 19.1 Å². The van der Waals surface area contributed by atoms with Crippen molar-refractivity contribution in [2.75, 3.05) is 42.3 Å². The second kappa shape index (κ2) is 12.3. The van der Waals surface area contributed by atoms with Crippen molar-refractivity contribution in [3.63, 3.8) is 0 Å². The first kappa shape index (κ1) is 28.0. The van der Waals surface area contributed by atoms with Gasteiger partial charge >= 0.3 is 6.09 Å². The molecule has 41 heavy (non-hydrogen) atoms. The molecule has 2 aromatic carbocycles. The Morgan fingerprint density at radius 1 is 1.15 bits per heavy atom. The lowest BCUT2D eigenvalue weighted by molar-refractivity contribution is -0.128. The van der Waals surface area contributed by atoms with E-state index in [9.17, 15) is 14.4 Å². The predicted molar refractivity (Wildman–Crippen MR) is 160 cm³/mol. The van der Waals surface area contributed by atoms with E-state index in [1.54, 1.807) is 29.3 Å². The molecule has 1 aromatic heterocycles. The van der Waals surface area contributed by atoms with Crippen molar-refractivity contribution in [2.45, 2.75) is 26.2 Å². The van der Waals surface area contributed by atoms with Crippen LogP contribution in [0.5, 0.6) is 0 Å². The molecule has 3 N–H and O–H groups in total. The highest BCUT2D eigenvalue weighted by atomic mass is 35.5. The summed E-state index contributed by atoms with van der Waals surface area (Å²) in [7, 11) is 1.28. The summed E-state index contributed by atoms with van der Waals surface area (Å²) in [6.45, 7) is 3.44. The van der Waals surface area contributed by atoms with E-state index >= 15 is 0 Å². The number of hydrogen-bond donors (Lipinski definition) is 3. The number of amides is 3. The quantitative estimate of drug-likeness (QED) is 0.351. The number of hydrogen-bond acceptors (Lipinski definition) is 6. The van der Waals surface area contributed by atoms with Gasteiger partial charge in [0.2, 0.25) is 11.8 Å². The highest BCUT2D eigenvalue weighted by molar-refractivity contribution is 6.30. The Labute approximate surface area is 243 Å². The molecule has 0 aliphatic carbocycles. The molecule has 5 rings (SSSR count). The minimum Gasteiger partial charge on any atom is -0.453 e. The molecular formula is C30H31ClN6O4. The van der Waals surface area contributed by atoms with Crippen molar-refractivity contribution in [1.82, 2.24) is 14.9 Å². The Hall–Kier alpha value is -4.57. The molecule has 0 spiro atoms. The lowest BCUT2D eigenvalue weighted by Gasteiger charge is -2.35. The van der Waals surface area contributed by atoms with Crippen LogP contribution in [0.3, 0.4) is 0 Å². The third kappa shape index (κ3) is 6.60. The number of aromatic amines is 1. The third-order valence-electron chi connectivity index (χ3n) is 7.02. The van der Waals surface area contributed by atoms with Crippen LogP contribution in [-0.4, -0.2) is 59.5 Å². The first-order chi connectivity index (χ1) is 19.8. The van der Waals surface area contributed by atoms with Gasteiger partial charge in [-0.15, -0.1) is 0 Å². The fourth-order valence-electron chi connectivity index (χ4n) is 4.86. The number of fused-ring (bicyclic) bond motifs is 4. The molecule has 3 aromatic rings. The highest BCUT2D eigenvalue weighted by Crippen LogP contribution is 2.32. The Morgan fingerprint density at radius 3 is 2.80 bits per heavy atom. The number of allylic oxidation sites excluding steroid dienone is 3. The van der Waals surface area contributed by atoms with Crippen molar-refractivity contribution in [3.05, 3.63) is 77.4 Å². The molecule has 0 atom stereocenters. The highest BCUT2D eigenvalue weighted by Gasteiger charge is 2.25. The molecule has 212 valence electrons. The number of rotatable bonds is 3. The third-order valence-corrected chi connectivity index (χ3v) is 7.25. The summed E-state index contributed by atoms with van der Waals surface area (Å²) in [4.78, 5) is 49.4. The number of imidazole rings is 1. The maximum absolute atomic E-state index is 13.2. The molecule has 3 amide bonds. The predicted octanol–water partition coefficient (Wildman–Crippen LogP) is 5.59. The lowest BCUT2D eigenvalue weighted by Crippen LogP contribution is -2.48. The lowest BCUT2D eigenvalue weighted by atomic mass is 10.1. The number of halogens is 1. The monoisotopic (exact) mass is 574 g/mol. The number of ether oxygens (including phenoxy) is 1. The number of aryl methyl sites for hydroxylation is 1. The fraction of sp³-hybridized carbons (Fsp3) is 0.267. The van der Waals surface area contributed by atoms with Crippen molar-refractivity contribution in [2.24, 2.45) is 0 Å². The zero-order valence-corrected chi connectivity index (χ0v) is 23.6. The summed E-state index contributed by atoms with van der Waals surface area (Å²) in [6.07, 6.45) is 8.26. The standard InChI is InChI=1S/C30H31ClN6O4/c1-19-8-9-21(31)14-26(19)36-12-13-37(28(39)18-36)17-20-6-4-3-5-7-27(38)34-24-15-22(33-30(40)41-2)10-11-23(24)25-16-32-29(20)35-25/h3-4,8-11,14-17H,5-7,12-13,18H2,1-2H3,(H,32,35)(H,33,40)(H,34,38)/b4-3+,20-17+. The van der Waals surface area contributed by atoms with E-state index in [1.807, 2.05) is 43.5 Å². The topological polar surface area (TPSA) is 120 Å². The molecule has 2 aliphatic rings. The molecule has 0 radical (unpaired) electrons. The summed E-state index contributed by atoms with van der Waals surface area (Å²) < 4.78 is 4.68. The minimum absolute atomic E-state index is 0.0208. The molecule has 10 nitrogen and oxygen atoms in total. The van der Waals surface area contributed by atoms with Gasteiger partial charge < -0.3 is 24.8 Å². The van der Waals surface area contributed by atoms with Crippen LogP contribution in [0, 0.1) is 6.92 Å². The van der Waals surface area contributed by atoms with E-state index in [-0.39, 0.29) is 18.4 Å². The van der Waals surface area contributed by atoms with Gasteiger partial charge in [-0.25, -0.2) is 9.78 Å². The number of anilines is 3. The van der Waals surface area contributed by atoms with Crippen LogP contribution in [0.4, 0.5) is 21.9 Å². The first-order valence-electron chi connectivity index (χ1n) is 13.3. The molecule has 2 bridgehead atoms. The van der Waals surface area contributed by atoms with Crippen molar-refractivity contribution in [1.29, 1.82) is 0 Å². The number of nitrogens with one attached hydrogen (secondary N) is 3. The summed E-state index contributed by atoms with van der Waals surface area (Å²) in [5.41, 5.74) is 5.27. The molecule has 1 fully saturated rings. The van der Waals surface area contributed by atoms with Gasteiger partial charge in [-0.05, 0) is 55.7 Å². The summed E-state index contributed by atoms with van der Waals surface area (Å²) in [6, 6.07) is 10.9. The van der Waals surface area contributed by atoms with Crippen molar-refractivity contribution in [3.8, 4) is 11.3 Å². The SMILES string of the molecule is COC(=O)Nc1ccc2c(c1)NC(=O)CC/C=C/C/C(=C\N1CCN(c3cc(Cl)ccc3C)CC1=O)c1ncc-2[nH]1. The van der Waals surface area contributed by atoms with Crippen LogP contribution in [-0.2, 0) is 14.3 Å². The van der Waals surface area contributed by atoms with Crippen LogP contribution in [0.15, 0.2) is 60.9 Å². The summed E-state index contributed by atoms with van der Waals surface area (Å²) in [5.74, 6) is 0.450. The average Bonchev–Trinajstić information content (AvgIpc) is 3.44. The fourth-order valence-corrected chi connectivity index (χ4v) is 5.02. The van der Waals surface area contributed by atoms with Gasteiger partial charge in [0.1, 0.15) is 5.82 Å². The van der Waals surface area contributed by atoms with Gasteiger partial charge in [0.15, 0.2) is 0 Å². The van der Waals surface area contributed by atoms with E-state index in [0.29, 0.717) is 65.8 Å². The molecule has 0 saturated carbocycles. The summed E-state index contributed by atoms with van der Waals surface area (Å²) in [5, 5.41) is 6.21. The number of aromatic nitrogens is 2. The van der Waals surface area contributed by atoms with Gasteiger partial charge in [0, 0.05) is 53.2 Å². The van der Waals surface area contributed by atoms with E-state index in [1.165, 1.54) is 7.11 Å². The summed E-state index contributed by atoms with van der Waals surface area (Å²) >= 11 is 6.22. The van der Waals surface area contributed by atoms with Crippen LogP contribution in [0.25, 0.3) is 16.8 Å². The van der Waals surface area contributed by atoms with Gasteiger partial charge in [-0.1, -0.05) is 29.8 Å². The minimum atomic E-state index is -0.609. The van der Waals surface area contributed by atoms with Crippen LogP contribution >= 0.6 is 11.6 Å². The Balaban J connectivity index is 1.43. The van der Waals surface area contributed by atoms with E-state index in [0.717, 1.165) is 16.8 Å². The molecule has 3 heterocycles. The number of carbonyl (C=O) groups is 3. The molecule has 2 aliphatic heterocycles. The average molecular weight is 575 g/mol. The largest absolute Gasteiger partial charge is 0.453 e. The normalized spacial score (nSPS) is 17.6. The first-order valence-corrected chi connectivity index (χ1v) is 13.7.